The average Bonchev–Trinajstić information content (AvgIpc) is 2.78. The van der Waals surface area contributed by atoms with Gasteiger partial charge in [-0.15, -0.1) is 0 Å². The molecular weight excluding hydrogens is 277 g/mol. The zero-order valence-corrected chi connectivity index (χ0v) is 11.5. The third kappa shape index (κ3) is 3.03. The van der Waals surface area contributed by atoms with E-state index in [1.807, 2.05) is 23.8 Å². The van der Waals surface area contributed by atoms with Gasteiger partial charge >= 0.3 is 0 Å². The van der Waals surface area contributed by atoms with E-state index in [1.54, 1.807) is 17.4 Å². The number of nitrogens with zero attached hydrogens (tertiary/aromatic N) is 1. The van der Waals surface area contributed by atoms with E-state index in [0.717, 1.165) is 12.2 Å². The largest absolute Gasteiger partial charge is 0.369 e. The van der Waals surface area contributed by atoms with Crippen molar-refractivity contribution in [3.8, 4) is 0 Å². The van der Waals surface area contributed by atoms with Crippen LogP contribution in [0.4, 0.5) is 17.3 Å². The summed E-state index contributed by atoms with van der Waals surface area (Å²) in [6.45, 7) is 2.74. The van der Waals surface area contributed by atoms with Gasteiger partial charge in [0.1, 0.15) is 5.82 Å². The van der Waals surface area contributed by atoms with Crippen molar-refractivity contribution in [3.05, 3.63) is 32.9 Å². The molecule has 0 aliphatic heterocycles. The molecule has 0 aliphatic carbocycles. The van der Waals surface area contributed by atoms with E-state index in [1.165, 1.54) is 0 Å². The molecule has 90 valence electrons. The van der Waals surface area contributed by atoms with Gasteiger partial charge in [0.25, 0.3) is 0 Å². The lowest BCUT2D eigenvalue weighted by molar-refractivity contribution is 1.16. The van der Waals surface area contributed by atoms with Crippen LogP contribution in [0.25, 0.3) is 0 Å². The predicted octanol–water partition coefficient (Wildman–Crippen LogP) is 4.63. The highest BCUT2D eigenvalue weighted by Gasteiger charge is 2.09. The Bertz CT molecular complexity index is 500. The van der Waals surface area contributed by atoms with Gasteiger partial charge in [0.15, 0.2) is 5.82 Å². The third-order valence-corrected chi connectivity index (χ3v) is 3.32. The summed E-state index contributed by atoms with van der Waals surface area (Å²) in [5.74, 6) is 1.24. The summed E-state index contributed by atoms with van der Waals surface area (Å²) in [4.78, 5) is 4.35. The van der Waals surface area contributed by atoms with Gasteiger partial charge in [-0.05, 0) is 24.4 Å². The SMILES string of the molecule is CCNc1nc(Nc2ccsc2)c(Cl)cc1Cl. The van der Waals surface area contributed by atoms with Gasteiger partial charge in [-0.25, -0.2) is 4.98 Å². The Kier molecular flexibility index (Phi) is 4.10. The molecule has 0 aliphatic rings. The number of thiophene rings is 1. The molecule has 0 fully saturated rings. The van der Waals surface area contributed by atoms with E-state index in [9.17, 15) is 0 Å². The molecule has 0 unspecified atom stereocenters. The molecule has 0 radical (unpaired) electrons. The number of aromatic nitrogens is 1. The third-order valence-electron chi connectivity index (χ3n) is 2.06. The van der Waals surface area contributed by atoms with Crippen LogP contribution < -0.4 is 10.6 Å². The van der Waals surface area contributed by atoms with E-state index in [0.29, 0.717) is 21.7 Å². The Morgan fingerprint density at radius 1 is 1.29 bits per heavy atom. The topological polar surface area (TPSA) is 37.0 Å². The van der Waals surface area contributed by atoms with Crippen LogP contribution in [0.1, 0.15) is 6.92 Å². The van der Waals surface area contributed by atoms with Crippen molar-refractivity contribution < 1.29 is 0 Å². The van der Waals surface area contributed by atoms with Crippen molar-refractivity contribution in [1.29, 1.82) is 0 Å². The van der Waals surface area contributed by atoms with E-state index in [2.05, 4.69) is 15.6 Å². The number of nitrogens with one attached hydrogen (secondary N) is 2. The lowest BCUT2D eigenvalue weighted by atomic mass is 10.4. The summed E-state index contributed by atoms with van der Waals surface area (Å²) in [5.41, 5.74) is 0.967. The smallest absolute Gasteiger partial charge is 0.151 e. The lowest BCUT2D eigenvalue weighted by Gasteiger charge is -2.10. The molecule has 3 nitrogen and oxygen atoms in total. The Morgan fingerprint density at radius 3 is 2.71 bits per heavy atom. The predicted molar refractivity (Wildman–Crippen MR) is 76.0 cm³/mol. The monoisotopic (exact) mass is 287 g/mol. The molecule has 0 spiro atoms. The second-order valence-corrected chi connectivity index (χ2v) is 4.91. The zero-order chi connectivity index (χ0) is 12.3. The van der Waals surface area contributed by atoms with E-state index in [-0.39, 0.29) is 0 Å². The van der Waals surface area contributed by atoms with Crippen molar-refractivity contribution >= 4 is 51.9 Å². The highest BCUT2D eigenvalue weighted by atomic mass is 35.5. The van der Waals surface area contributed by atoms with Gasteiger partial charge in [0, 0.05) is 11.9 Å². The van der Waals surface area contributed by atoms with Crippen LogP contribution in [-0.4, -0.2) is 11.5 Å². The number of anilines is 3. The van der Waals surface area contributed by atoms with Gasteiger partial charge in [-0.1, -0.05) is 23.2 Å². The average molecular weight is 288 g/mol. The van der Waals surface area contributed by atoms with Gasteiger partial charge in [-0.2, -0.15) is 11.3 Å². The summed E-state index contributed by atoms with van der Waals surface area (Å²) < 4.78 is 0. The molecule has 2 N–H and O–H groups in total. The van der Waals surface area contributed by atoms with Crippen LogP contribution in [0.3, 0.4) is 0 Å². The minimum absolute atomic E-state index is 0.503. The summed E-state index contributed by atoms with van der Waals surface area (Å²) in [7, 11) is 0. The van der Waals surface area contributed by atoms with E-state index in [4.69, 9.17) is 23.2 Å². The van der Waals surface area contributed by atoms with Crippen LogP contribution in [-0.2, 0) is 0 Å². The zero-order valence-electron chi connectivity index (χ0n) is 9.13. The van der Waals surface area contributed by atoms with Crippen molar-refractivity contribution in [2.75, 3.05) is 17.2 Å². The fraction of sp³-hybridized carbons (Fsp3) is 0.182. The molecule has 6 heteroatoms. The van der Waals surface area contributed by atoms with Gasteiger partial charge in [-0.3, -0.25) is 0 Å². The summed E-state index contributed by atoms with van der Waals surface area (Å²) in [6, 6.07) is 3.65. The quantitative estimate of drug-likeness (QED) is 0.861. The van der Waals surface area contributed by atoms with Crippen LogP contribution in [0.15, 0.2) is 22.9 Å². The lowest BCUT2D eigenvalue weighted by Crippen LogP contribution is -2.02. The Hall–Kier alpha value is -0.970. The van der Waals surface area contributed by atoms with Crippen LogP contribution in [0.5, 0.6) is 0 Å². The second kappa shape index (κ2) is 5.58. The number of rotatable bonds is 4. The first-order valence-electron chi connectivity index (χ1n) is 5.10. The first-order valence-corrected chi connectivity index (χ1v) is 6.79. The van der Waals surface area contributed by atoms with Crippen molar-refractivity contribution in [3.63, 3.8) is 0 Å². The molecule has 2 rings (SSSR count). The molecule has 2 aromatic heterocycles. The number of pyridine rings is 1. The summed E-state index contributed by atoms with van der Waals surface area (Å²) >= 11 is 13.7. The van der Waals surface area contributed by atoms with Crippen LogP contribution >= 0.6 is 34.5 Å². The normalized spacial score (nSPS) is 10.3. The maximum absolute atomic E-state index is 6.08. The molecule has 2 heterocycles. The Balaban J connectivity index is 2.29. The molecule has 0 saturated carbocycles. The van der Waals surface area contributed by atoms with Crippen molar-refractivity contribution in [1.82, 2.24) is 4.98 Å². The standard InChI is InChI=1S/C11H11Cl2N3S/c1-2-14-10-8(12)5-9(13)11(16-10)15-7-3-4-17-6-7/h3-6H,2H2,1H3,(H2,14,15,16). The summed E-state index contributed by atoms with van der Waals surface area (Å²) in [6.07, 6.45) is 0. The maximum atomic E-state index is 6.08. The van der Waals surface area contributed by atoms with Gasteiger partial charge < -0.3 is 10.6 Å². The van der Waals surface area contributed by atoms with Crippen LogP contribution in [0, 0.1) is 0 Å². The molecule has 17 heavy (non-hydrogen) atoms. The summed E-state index contributed by atoms with van der Waals surface area (Å²) in [5, 5.41) is 11.2. The van der Waals surface area contributed by atoms with Crippen molar-refractivity contribution in [2.24, 2.45) is 0 Å². The number of halogens is 2. The minimum Gasteiger partial charge on any atom is -0.369 e. The highest BCUT2D eigenvalue weighted by molar-refractivity contribution is 7.08. The van der Waals surface area contributed by atoms with Gasteiger partial charge in [0.2, 0.25) is 0 Å². The molecule has 0 aromatic carbocycles. The van der Waals surface area contributed by atoms with Crippen LogP contribution in [0.2, 0.25) is 10.0 Å². The first-order chi connectivity index (χ1) is 8.20. The maximum Gasteiger partial charge on any atom is 0.151 e. The fourth-order valence-corrected chi connectivity index (χ4v) is 2.38. The van der Waals surface area contributed by atoms with Crippen molar-refractivity contribution in [2.45, 2.75) is 6.92 Å². The number of hydrogen-bond donors (Lipinski definition) is 2. The van der Waals surface area contributed by atoms with Gasteiger partial charge in [0.05, 0.1) is 15.7 Å². The Labute approximate surface area is 114 Å². The highest BCUT2D eigenvalue weighted by Crippen LogP contribution is 2.31. The molecule has 2 aromatic rings. The second-order valence-electron chi connectivity index (χ2n) is 3.32. The van der Waals surface area contributed by atoms with E-state index < -0.39 is 0 Å². The molecular formula is C11H11Cl2N3S. The van der Waals surface area contributed by atoms with E-state index >= 15 is 0 Å². The number of hydrogen-bond acceptors (Lipinski definition) is 4. The molecule has 0 bridgehead atoms. The fourth-order valence-electron chi connectivity index (χ4n) is 1.32. The first kappa shape index (κ1) is 12.5. The Morgan fingerprint density at radius 2 is 2.06 bits per heavy atom. The molecule has 0 saturated heterocycles. The molecule has 0 atom stereocenters. The molecule has 0 amide bonds. The minimum atomic E-state index is 0.503.